The molecule has 3 aromatic rings. The summed E-state index contributed by atoms with van der Waals surface area (Å²) in [5.41, 5.74) is 4.12. The third-order valence-corrected chi connectivity index (χ3v) is 6.82. The van der Waals surface area contributed by atoms with E-state index in [0.717, 1.165) is 27.5 Å². The van der Waals surface area contributed by atoms with E-state index in [9.17, 15) is 4.79 Å². The number of nitrogens with zero attached hydrogens (tertiary/aromatic N) is 1. The Morgan fingerprint density at radius 1 is 1.10 bits per heavy atom. The van der Waals surface area contributed by atoms with Crippen molar-refractivity contribution in [1.29, 1.82) is 0 Å². The van der Waals surface area contributed by atoms with Gasteiger partial charge in [0.1, 0.15) is 0 Å². The van der Waals surface area contributed by atoms with E-state index >= 15 is 0 Å². The minimum atomic E-state index is -0.219. The second-order valence-corrected chi connectivity index (χ2v) is 9.50. The van der Waals surface area contributed by atoms with Gasteiger partial charge >= 0.3 is 6.03 Å². The molecule has 0 spiro atoms. The number of nitrogens with one attached hydrogen (secondary N) is 3. The fraction of sp³-hybridized carbons (Fsp3) is 0.400. The number of aromatic amines is 1. The molecule has 2 amide bonds. The first kappa shape index (κ1) is 21.8. The number of carbonyl (C=O) groups excluding carboxylic acids is 1. The molecule has 1 aliphatic rings. The molecule has 1 saturated heterocycles. The number of benzene rings is 2. The third kappa shape index (κ3) is 5.43. The zero-order valence-electron chi connectivity index (χ0n) is 18.4. The SMILES string of the molecule is CCCN1CCC(c2c[nH]c3ccc(NC(=O)Nc4cccc(SCC)c4)cc23)CC1. The van der Waals surface area contributed by atoms with Crippen LogP contribution in [0.2, 0.25) is 0 Å². The van der Waals surface area contributed by atoms with Gasteiger partial charge in [0, 0.05) is 33.4 Å². The number of H-pyrrole nitrogens is 1. The van der Waals surface area contributed by atoms with Gasteiger partial charge in [-0.25, -0.2) is 4.79 Å². The molecule has 0 radical (unpaired) electrons. The number of fused-ring (bicyclic) bond motifs is 1. The topological polar surface area (TPSA) is 60.2 Å². The highest BCUT2D eigenvalue weighted by atomic mass is 32.2. The Morgan fingerprint density at radius 2 is 1.87 bits per heavy atom. The standard InChI is InChI=1S/C25H32N4OS/c1-3-12-29-13-10-18(11-14-29)23-17-26-24-9-8-20(16-22(23)24)28-25(30)27-19-6-5-7-21(15-19)31-4-2/h5-9,15-18,26H,3-4,10-14H2,1-2H3,(H2,27,28,30). The maximum absolute atomic E-state index is 12.6. The van der Waals surface area contributed by atoms with Crippen LogP contribution in [0.4, 0.5) is 16.2 Å². The highest BCUT2D eigenvalue weighted by Gasteiger charge is 2.22. The molecule has 1 aliphatic heterocycles. The summed E-state index contributed by atoms with van der Waals surface area (Å²) in [6, 6.07) is 13.8. The van der Waals surface area contributed by atoms with Gasteiger partial charge in [-0.2, -0.15) is 0 Å². The molecule has 31 heavy (non-hydrogen) atoms. The van der Waals surface area contributed by atoms with Gasteiger partial charge in [-0.3, -0.25) is 0 Å². The molecular formula is C25H32N4OS. The zero-order chi connectivity index (χ0) is 21.6. The lowest BCUT2D eigenvalue weighted by Gasteiger charge is -2.31. The number of aromatic nitrogens is 1. The van der Waals surface area contributed by atoms with Crippen molar-refractivity contribution in [3.8, 4) is 0 Å². The Balaban J connectivity index is 1.44. The molecule has 164 valence electrons. The highest BCUT2D eigenvalue weighted by Crippen LogP contribution is 2.34. The van der Waals surface area contributed by atoms with E-state index in [1.165, 1.54) is 49.8 Å². The average Bonchev–Trinajstić information content (AvgIpc) is 3.18. The predicted octanol–water partition coefficient (Wildman–Crippen LogP) is 6.51. The maximum atomic E-state index is 12.6. The first-order chi connectivity index (χ1) is 15.2. The highest BCUT2D eigenvalue weighted by molar-refractivity contribution is 7.99. The van der Waals surface area contributed by atoms with E-state index in [2.05, 4.69) is 58.8 Å². The predicted molar refractivity (Wildman–Crippen MR) is 132 cm³/mol. The minimum absolute atomic E-state index is 0.219. The average molecular weight is 437 g/mol. The van der Waals surface area contributed by atoms with E-state index in [1.54, 1.807) is 11.8 Å². The Kier molecular flexibility index (Phi) is 7.20. The van der Waals surface area contributed by atoms with E-state index in [0.29, 0.717) is 5.92 Å². The summed E-state index contributed by atoms with van der Waals surface area (Å²) in [4.78, 5) is 19.7. The molecule has 2 heterocycles. The second-order valence-electron chi connectivity index (χ2n) is 8.16. The molecule has 1 fully saturated rings. The van der Waals surface area contributed by atoms with Crippen LogP contribution < -0.4 is 10.6 Å². The zero-order valence-corrected chi connectivity index (χ0v) is 19.2. The van der Waals surface area contributed by atoms with Crippen molar-refractivity contribution in [3.05, 3.63) is 54.2 Å². The van der Waals surface area contributed by atoms with Crippen LogP contribution in [0.15, 0.2) is 53.6 Å². The summed E-state index contributed by atoms with van der Waals surface area (Å²) >= 11 is 1.76. The Hall–Kier alpha value is -2.44. The van der Waals surface area contributed by atoms with Crippen molar-refractivity contribution in [2.45, 2.75) is 43.9 Å². The number of hydrogen-bond donors (Lipinski definition) is 3. The molecule has 4 rings (SSSR count). The summed E-state index contributed by atoms with van der Waals surface area (Å²) in [5.74, 6) is 1.58. The number of urea groups is 1. The molecule has 2 aromatic carbocycles. The van der Waals surface area contributed by atoms with Crippen LogP contribution in [-0.2, 0) is 0 Å². The quantitative estimate of drug-likeness (QED) is 0.370. The third-order valence-electron chi connectivity index (χ3n) is 5.94. The Morgan fingerprint density at radius 3 is 2.61 bits per heavy atom. The molecule has 5 nitrogen and oxygen atoms in total. The number of likely N-dealkylation sites (tertiary alicyclic amines) is 1. The number of rotatable bonds is 7. The van der Waals surface area contributed by atoms with Gasteiger partial charge in [0.05, 0.1) is 0 Å². The Bertz CT molecular complexity index is 1020. The van der Waals surface area contributed by atoms with E-state index in [1.807, 2.05) is 24.3 Å². The van der Waals surface area contributed by atoms with Gasteiger partial charge in [-0.1, -0.05) is 19.9 Å². The Labute approximate surface area is 189 Å². The van der Waals surface area contributed by atoms with Crippen molar-refractivity contribution >= 4 is 40.1 Å². The first-order valence-corrected chi connectivity index (χ1v) is 12.3. The lowest BCUT2D eigenvalue weighted by Crippen LogP contribution is -2.33. The van der Waals surface area contributed by atoms with Crippen LogP contribution in [-0.4, -0.2) is 41.3 Å². The molecule has 0 bridgehead atoms. The van der Waals surface area contributed by atoms with Crippen LogP contribution in [0.3, 0.4) is 0 Å². The van der Waals surface area contributed by atoms with Gasteiger partial charge in [-0.05, 0) is 92.5 Å². The molecule has 3 N–H and O–H groups in total. The van der Waals surface area contributed by atoms with E-state index in [4.69, 9.17) is 0 Å². The summed E-state index contributed by atoms with van der Waals surface area (Å²) in [6.45, 7) is 7.90. The van der Waals surface area contributed by atoms with Gasteiger partial charge in [-0.15, -0.1) is 11.8 Å². The number of piperidine rings is 1. The maximum Gasteiger partial charge on any atom is 0.323 e. The normalized spacial score (nSPS) is 15.3. The number of amides is 2. The minimum Gasteiger partial charge on any atom is -0.361 e. The van der Waals surface area contributed by atoms with Gasteiger partial charge in [0.25, 0.3) is 0 Å². The molecule has 0 aliphatic carbocycles. The lowest BCUT2D eigenvalue weighted by atomic mass is 9.89. The number of anilines is 2. The van der Waals surface area contributed by atoms with Crippen LogP contribution in [0.25, 0.3) is 10.9 Å². The summed E-state index contributed by atoms with van der Waals surface area (Å²) in [5, 5.41) is 7.16. The summed E-state index contributed by atoms with van der Waals surface area (Å²) < 4.78 is 0. The van der Waals surface area contributed by atoms with E-state index < -0.39 is 0 Å². The van der Waals surface area contributed by atoms with Crippen molar-refractivity contribution in [1.82, 2.24) is 9.88 Å². The fourth-order valence-corrected chi connectivity index (χ4v) is 5.18. The van der Waals surface area contributed by atoms with E-state index in [-0.39, 0.29) is 6.03 Å². The molecular weight excluding hydrogens is 404 g/mol. The fourth-order valence-electron chi connectivity index (χ4n) is 4.47. The smallest absolute Gasteiger partial charge is 0.323 e. The van der Waals surface area contributed by atoms with Crippen molar-refractivity contribution in [2.24, 2.45) is 0 Å². The van der Waals surface area contributed by atoms with Crippen molar-refractivity contribution in [2.75, 3.05) is 36.0 Å². The van der Waals surface area contributed by atoms with Crippen LogP contribution in [0, 0.1) is 0 Å². The number of carbonyl (C=O) groups is 1. The van der Waals surface area contributed by atoms with Crippen molar-refractivity contribution in [3.63, 3.8) is 0 Å². The molecule has 0 unspecified atom stereocenters. The molecule has 0 saturated carbocycles. The van der Waals surface area contributed by atoms with Gasteiger partial charge in [0.15, 0.2) is 0 Å². The van der Waals surface area contributed by atoms with Crippen LogP contribution >= 0.6 is 11.8 Å². The lowest BCUT2D eigenvalue weighted by molar-refractivity contribution is 0.213. The molecule has 6 heteroatoms. The second kappa shape index (κ2) is 10.2. The number of hydrogen-bond acceptors (Lipinski definition) is 3. The number of thioether (sulfide) groups is 1. The molecule has 0 atom stereocenters. The summed E-state index contributed by atoms with van der Waals surface area (Å²) in [6.07, 6.45) is 5.76. The van der Waals surface area contributed by atoms with Crippen LogP contribution in [0.1, 0.15) is 44.6 Å². The largest absolute Gasteiger partial charge is 0.361 e. The van der Waals surface area contributed by atoms with Crippen LogP contribution in [0.5, 0.6) is 0 Å². The molecule has 1 aromatic heterocycles. The monoisotopic (exact) mass is 436 g/mol. The van der Waals surface area contributed by atoms with Gasteiger partial charge in [0.2, 0.25) is 0 Å². The summed E-state index contributed by atoms with van der Waals surface area (Å²) in [7, 11) is 0. The van der Waals surface area contributed by atoms with Gasteiger partial charge < -0.3 is 20.5 Å². The van der Waals surface area contributed by atoms with Crippen molar-refractivity contribution < 1.29 is 4.79 Å². The first-order valence-electron chi connectivity index (χ1n) is 11.3.